The van der Waals surface area contributed by atoms with Gasteiger partial charge in [-0.3, -0.25) is 14.9 Å². The minimum absolute atomic E-state index is 0.0929. The third-order valence-corrected chi connectivity index (χ3v) is 6.84. The van der Waals surface area contributed by atoms with Crippen LogP contribution in [0.3, 0.4) is 0 Å². The van der Waals surface area contributed by atoms with Crippen molar-refractivity contribution in [2.45, 2.75) is 19.4 Å². The summed E-state index contributed by atoms with van der Waals surface area (Å²) in [7, 11) is 5.61. The smallest absolute Gasteiger partial charge is 0.324 e. The van der Waals surface area contributed by atoms with E-state index in [4.69, 9.17) is 17.3 Å². The Morgan fingerprint density at radius 2 is 1.87 bits per heavy atom. The summed E-state index contributed by atoms with van der Waals surface area (Å²) in [6.07, 6.45) is 1.12. The van der Waals surface area contributed by atoms with E-state index in [1.54, 1.807) is 43.3 Å². The van der Waals surface area contributed by atoms with Gasteiger partial charge >= 0.3 is 6.03 Å². The Bertz CT molecular complexity index is 1010. The highest BCUT2D eigenvalue weighted by atomic mass is 35.5. The summed E-state index contributed by atoms with van der Waals surface area (Å²) in [6.45, 7) is 2.18. The number of nitrogens with one attached hydrogen (secondary N) is 2. The summed E-state index contributed by atoms with van der Waals surface area (Å²) in [4.78, 5) is 39.3. The van der Waals surface area contributed by atoms with Gasteiger partial charge in [0, 0.05) is 31.2 Å². The van der Waals surface area contributed by atoms with Crippen LogP contribution in [-0.2, 0) is 17.8 Å². The number of halogens is 1. The molecule has 3 rings (SSSR count). The van der Waals surface area contributed by atoms with Crippen LogP contribution in [0.25, 0.3) is 0 Å². The topological polar surface area (TPSA) is 105 Å². The van der Waals surface area contributed by atoms with Gasteiger partial charge in [0.05, 0.1) is 37.0 Å². The molecule has 8 nitrogen and oxygen atoms in total. The first-order valence-electron chi connectivity index (χ1n) is 9.89. The lowest BCUT2D eigenvalue weighted by Gasteiger charge is -2.37. The molecule has 4 amide bonds. The number of urea groups is 1. The molecule has 1 aliphatic heterocycles. The van der Waals surface area contributed by atoms with Crippen molar-refractivity contribution in [3.05, 3.63) is 45.3 Å². The highest BCUT2D eigenvalue weighted by molar-refractivity contribution is 7.17. The molecule has 1 aromatic carbocycles. The number of carbonyl (C=O) groups excluding carboxylic acids is 3. The minimum Gasteiger partial charge on any atom is -0.365 e. The molecule has 10 heteroatoms. The number of amides is 4. The van der Waals surface area contributed by atoms with Crippen LogP contribution in [0.4, 0.5) is 15.5 Å². The molecule has 2 heterocycles. The van der Waals surface area contributed by atoms with E-state index in [2.05, 4.69) is 17.7 Å². The number of rotatable bonds is 6. The summed E-state index contributed by atoms with van der Waals surface area (Å²) in [6, 6.07) is 6.27. The Balaban J connectivity index is 1.75. The molecular weight excluding hydrogens is 438 g/mol. The molecule has 0 saturated heterocycles. The fourth-order valence-electron chi connectivity index (χ4n) is 3.64. The molecule has 1 unspecified atom stereocenters. The van der Waals surface area contributed by atoms with Crippen molar-refractivity contribution in [3.8, 4) is 0 Å². The predicted octanol–water partition coefficient (Wildman–Crippen LogP) is 3.13. The molecule has 1 atom stereocenters. The van der Waals surface area contributed by atoms with Crippen LogP contribution in [0.15, 0.2) is 24.3 Å². The van der Waals surface area contributed by atoms with Crippen molar-refractivity contribution in [2.75, 3.05) is 44.9 Å². The largest absolute Gasteiger partial charge is 0.365 e. The van der Waals surface area contributed by atoms with E-state index in [1.807, 2.05) is 0 Å². The number of hydrogen-bond donors (Lipinski definition) is 3. The van der Waals surface area contributed by atoms with Gasteiger partial charge in [0.25, 0.3) is 5.91 Å². The average Bonchev–Trinajstić information content (AvgIpc) is 3.04. The minimum atomic E-state index is -0.557. The first kappa shape index (κ1) is 23.1. The summed E-state index contributed by atoms with van der Waals surface area (Å²) < 4.78 is 0.696. The predicted molar refractivity (Wildman–Crippen MR) is 124 cm³/mol. The van der Waals surface area contributed by atoms with Gasteiger partial charge in [-0.2, -0.15) is 0 Å². The van der Waals surface area contributed by atoms with Gasteiger partial charge in [0.15, 0.2) is 0 Å². The van der Waals surface area contributed by atoms with Crippen LogP contribution >= 0.6 is 22.9 Å². The fraction of sp³-hybridized carbons (Fsp3) is 0.381. The second kappa shape index (κ2) is 9.25. The fourth-order valence-corrected chi connectivity index (χ4v) is 5.18. The van der Waals surface area contributed by atoms with E-state index < -0.39 is 11.9 Å². The van der Waals surface area contributed by atoms with E-state index in [9.17, 15) is 14.4 Å². The highest BCUT2D eigenvalue weighted by Crippen LogP contribution is 2.38. The van der Waals surface area contributed by atoms with E-state index in [-0.39, 0.29) is 5.91 Å². The van der Waals surface area contributed by atoms with E-state index in [0.29, 0.717) is 51.7 Å². The van der Waals surface area contributed by atoms with Gasteiger partial charge in [-0.05, 0) is 29.8 Å². The lowest BCUT2D eigenvalue weighted by molar-refractivity contribution is -0.923. The zero-order valence-corrected chi connectivity index (χ0v) is 19.4. The maximum atomic E-state index is 12.5. The molecular formula is C21H27ClN5O3S+. The molecule has 0 radical (unpaired) electrons. The third-order valence-electron chi connectivity index (χ3n) is 5.46. The number of fused-ring (bicyclic) bond motifs is 1. The Kier molecular flexibility index (Phi) is 6.88. The highest BCUT2D eigenvalue weighted by Gasteiger charge is 2.35. The molecule has 4 N–H and O–H groups in total. The zero-order valence-electron chi connectivity index (χ0n) is 17.8. The first-order chi connectivity index (χ1) is 14.6. The molecule has 0 fully saturated rings. The first-order valence-corrected chi connectivity index (χ1v) is 11.1. The van der Waals surface area contributed by atoms with E-state index >= 15 is 0 Å². The van der Waals surface area contributed by atoms with Crippen LogP contribution in [0.1, 0.15) is 27.2 Å². The van der Waals surface area contributed by atoms with Crippen molar-refractivity contribution < 1.29 is 18.9 Å². The summed E-state index contributed by atoms with van der Waals surface area (Å²) in [5, 5.41) is 6.51. The molecule has 2 aromatic rings. The lowest BCUT2D eigenvalue weighted by atomic mass is 10.0. The zero-order chi connectivity index (χ0) is 22.8. The second-order valence-electron chi connectivity index (χ2n) is 8.17. The maximum absolute atomic E-state index is 12.5. The molecule has 1 aliphatic rings. The normalized spacial score (nSPS) is 17.5. The standard InChI is InChI=1S/C21H26ClN5O3S/c1-26(2)17(28)9-11-27(3)10-8-15-16(12-27)31-20(18(15)19(23)29)25-21(30)24-14-6-4-13(22)5-7-14/h4-7H,8-12H2,1-3H3,(H3-,23,24,25,29,30)/p+1. The van der Waals surface area contributed by atoms with Gasteiger partial charge in [-0.15, -0.1) is 11.3 Å². The number of thiophene rings is 1. The van der Waals surface area contributed by atoms with Gasteiger partial charge < -0.3 is 20.4 Å². The number of benzene rings is 1. The van der Waals surface area contributed by atoms with Crippen LogP contribution in [0, 0.1) is 0 Å². The maximum Gasteiger partial charge on any atom is 0.324 e. The number of quaternary nitrogens is 1. The number of nitrogens with zero attached hydrogens (tertiary/aromatic N) is 2. The number of carbonyl (C=O) groups is 3. The van der Waals surface area contributed by atoms with Crippen LogP contribution in [0.5, 0.6) is 0 Å². The second-order valence-corrected chi connectivity index (χ2v) is 9.71. The van der Waals surface area contributed by atoms with Crippen molar-refractivity contribution in [2.24, 2.45) is 5.73 Å². The quantitative estimate of drug-likeness (QED) is 0.572. The number of anilines is 2. The van der Waals surface area contributed by atoms with Crippen molar-refractivity contribution >= 4 is 51.5 Å². The van der Waals surface area contributed by atoms with Crippen LogP contribution in [0.2, 0.25) is 5.02 Å². The average molecular weight is 465 g/mol. The Labute approximate surface area is 190 Å². The number of primary amides is 1. The SMILES string of the molecule is CN(C)C(=O)CC[N+]1(C)CCc2c(sc(NC(=O)Nc3ccc(Cl)cc3)c2C(N)=O)C1. The monoisotopic (exact) mass is 464 g/mol. The Morgan fingerprint density at radius 3 is 2.48 bits per heavy atom. The molecule has 0 saturated carbocycles. The van der Waals surface area contributed by atoms with Gasteiger partial charge in [0.1, 0.15) is 11.5 Å². The summed E-state index contributed by atoms with van der Waals surface area (Å²) >= 11 is 7.24. The van der Waals surface area contributed by atoms with Crippen molar-refractivity contribution in [3.63, 3.8) is 0 Å². The van der Waals surface area contributed by atoms with Crippen molar-refractivity contribution in [1.82, 2.24) is 4.90 Å². The summed E-state index contributed by atoms with van der Waals surface area (Å²) in [5.74, 6) is -0.464. The van der Waals surface area contributed by atoms with E-state index in [0.717, 1.165) is 17.0 Å². The van der Waals surface area contributed by atoms with Crippen LogP contribution in [-0.4, -0.2) is 61.5 Å². The lowest BCUT2D eigenvalue weighted by Crippen LogP contribution is -2.49. The molecule has 0 aliphatic carbocycles. The van der Waals surface area contributed by atoms with Gasteiger partial charge in [-0.25, -0.2) is 4.79 Å². The van der Waals surface area contributed by atoms with Crippen LogP contribution < -0.4 is 16.4 Å². The van der Waals surface area contributed by atoms with Crippen molar-refractivity contribution in [1.29, 1.82) is 0 Å². The van der Waals surface area contributed by atoms with Gasteiger partial charge in [-0.1, -0.05) is 11.6 Å². The van der Waals surface area contributed by atoms with E-state index in [1.165, 1.54) is 11.3 Å². The number of hydrogen-bond acceptors (Lipinski definition) is 4. The third kappa shape index (κ3) is 5.55. The van der Waals surface area contributed by atoms with Gasteiger partial charge in [0.2, 0.25) is 5.91 Å². The number of likely N-dealkylation sites (N-methyl/N-ethyl adjacent to an activating group) is 1. The Hall–Kier alpha value is -2.62. The molecule has 31 heavy (non-hydrogen) atoms. The molecule has 0 spiro atoms. The molecule has 1 aromatic heterocycles. The molecule has 166 valence electrons. The summed E-state index contributed by atoms with van der Waals surface area (Å²) in [5.41, 5.74) is 7.51. The number of nitrogens with two attached hydrogens (primary N) is 1. The molecule has 0 bridgehead atoms. The Morgan fingerprint density at radius 1 is 1.19 bits per heavy atom.